The second-order valence-corrected chi connectivity index (χ2v) is 8.09. The van der Waals surface area contributed by atoms with E-state index in [2.05, 4.69) is 46.8 Å². The average Bonchev–Trinajstić information content (AvgIpc) is 3.19. The number of amides is 2. The number of rotatable bonds is 7. The van der Waals surface area contributed by atoms with Crippen LogP contribution in [0.2, 0.25) is 0 Å². The maximum Gasteiger partial charge on any atom is 0.220 e. The van der Waals surface area contributed by atoms with Gasteiger partial charge >= 0.3 is 0 Å². The van der Waals surface area contributed by atoms with Crippen molar-refractivity contribution in [2.45, 2.75) is 58.0 Å². The zero-order valence-corrected chi connectivity index (χ0v) is 16.1. The molecule has 1 aliphatic heterocycles. The van der Waals surface area contributed by atoms with Crippen LogP contribution in [0.15, 0.2) is 29.6 Å². The first-order valence-corrected chi connectivity index (χ1v) is 9.86. The zero-order valence-electron chi connectivity index (χ0n) is 15.3. The van der Waals surface area contributed by atoms with Crippen LogP contribution in [0.1, 0.15) is 47.5 Å². The van der Waals surface area contributed by atoms with E-state index < -0.39 is 0 Å². The van der Waals surface area contributed by atoms with Crippen LogP contribution in [-0.2, 0) is 22.6 Å². The lowest BCUT2D eigenvalue weighted by Crippen LogP contribution is -2.44. The Balaban J connectivity index is 1.56. The maximum absolute atomic E-state index is 12.3. The number of aromatic nitrogens is 1. The van der Waals surface area contributed by atoms with Gasteiger partial charge in [-0.25, -0.2) is 4.98 Å². The lowest BCUT2D eigenvalue weighted by Gasteiger charge is -2.29. The predicted octanol–water partition coefficient (Wildman–Crippen LogP) is 3.05. The van der Waals surface area contributed by atoms with E-state index in [1.165, 1.54) is 11.1 Å². The first kappa shape index (κ1) is 18.6. The molecular weight excluding hydrogens is 346 g/mol. The highest BCUT2D eigenvalue weighted by Crippen LogP contribution is 2.29. The Kier molecular flexibility index (Phi) is 5.71. The normalized spacial score (nSPS) is 19.4. The fourth-order valence-electron chi connectivity index (χ4n) is 3.38. The molecule has 138 valence electrons. The van der Waals surface area contributed by atoms with E-state index in [0.717, 1.165) is 23.5 Å². The van der Waals surface area contributed by atoms with Crippen LogP contribution < -0.4 is 10.6 Å². The molecule has 1 atom stereocenters. The van der Waals surface area contributed by atoms with Crippen LogP contribution in [0, 0.1) is 13.8 Å². The Morgan fingerprint density at radius 3 is 2.69 bits per heavy atom. The summed E-state index contributed by atoms with van der Waals surface area (Å²) in [4.78, 5) is 28.4. The van der Waals surface area contributed by atoms with E-state index in [4.69, 9.17) is 0 Å². The van der Waals surface area contributed by atoms with E-state index in [-0.39, 0.29) is 17.4 Å². The molecule has 2 aromatic rings. The minimum Gasteiger partial charge on any atom is -0.350 e. The molecule has 1 unspecified atom stereocenters. The minimum atomic E-state index is -0.318. The highest BCUT2D eigenvalue weighted by atomic mass is 32.1. The smallest absolute Gasteiger partial charge is 0.220 e. The monoisotopic (exact) mass is 371 g/mol. The molecule has 2 heterocycles. The summed E-state index contributed by atoms with van der Waals surface area (Å²) in [6.45, 7) is 4.47. The second-order valence-electron chi connectivity index (χ2n) is 7.15. The van der Waals surface area contributed by atoms with Crippen molar-refractivity contribution < 1.29 is 9.59 Å². The molecule has 1 aromatic heterocycles. The summed E-state index contributed by atoms with van der Waals surface area (Å²) >= 11 is 1.55. The largest absolute Gasteiger partial charge is 0.350 e. The number of hydrogen-bond acceptors (Lipinski definition) is 4. The summed E-state index contributed by atoms with van der Waals surface area (Å²) in [7, 11) is 0. The molecule has 1 aliphatic rings. The van der Waals surface area contributed by atoms with Gasteiger partial charge < -0.3 is 10.6 Å². The van der Waals surface area contributed by atoms with Crippen molar-refractivity contribution in [2.24, 2.45) is 0 Å². The Bertz CT molecular complexity index is 785. The molecule has 6 heteroatoms. The second kappa shape index (κ2) is 7.99. The van der Waals surface area contributed by atoms with Crippen LogP contribution in [0.25, 0.3) is 0 Å². The van der Waals surface area contributed by atoms with E-state index >= 15 is 0 Å². The van der Waals surface area contributed by atoms with Gasteiger partial charge in [0, 0.05) is 29.5 Å². The van der Waals surface area contributed by atoms with Crippen LogP contribution in [0.5, 0.6) is 0 Å². The van der Waals surface area contributed by atoms with Crippen LogP contribution in [0.3, 0.4) is 0 Å². The molecule has 2 amide bonds. The summed E-state index contributed by atoms with van der Waals surface area (Å²) in [5, 5.41) is 8.96. The molecule has 1 fully saturated rings. The highest BCUT2D eigenvalue weighted by molar-refractivity contribution is 7.09. The first-order valence-electron chi connectivity index (χ1n) is 8.98. The average molecular weight is 372 g/mol. The molecule has 0 saturated carbocycles. The fourth-order valence-corrected chi connectivity index (χ4v) is 4.09. The van der Waals surface area contributed by atoms with Gasteiger partial charge in [-0.05, 0) is 38.7 Å². The molecular formula is C20H25N3O2S. The molecule has 3 rings (SSSR count). The number of carbonyl (C=O) groups excluding carboxylic acids is 2. The summed E-state index contributed by atoms with van der Waals surface area (Å²) in [5.41, 5.74) is 3.07. The Morgan fingerprint density at radius 2 is 2.08 bits per heavy atom. The van der Waals surface area contributed by atoms with Crippen LogP contribution in [0.4, 0.5) is 0 Å². The summed E-state index contributed by atoms with van der Waals surface area (Å²) in [6, 6.07) is 8.38. The third kappa shape index (κ3) is 4.91. The summed E-state index contributed by atoms with van der Waals surface area (Å²) < 4.78 is 0. The molecule has 0 aliphatic carbocycles. The third-order valence-electron chi connectivity index (χ3n) is 4.83. The quantitative estimate of drug-likeness (QED) is 0.786. The van der Waals surface area contributed by atoms with Gasteiger partial charge in [0.05, 0.1) is 6.54 Å². The van der Waals surface area contributed by atoms with Gasteiger partial charge in [-0.3, -0.25) is 9.59 Å². The summed E-state index contributed by atoms with van der Waals surface area (Å²) in [5.74, 6) is 0.0815. The predicted molar refractivity (Wildman–Crippen MR) is 103 cm³/mol. The number of carbonyl (C=O) groups is 2. The van der Waals surface area contributed by atoms with Crippen molar-refractivity contribution >= 4 is 23.2 Å². The molecule has 0 bridgehead atoms. The molecule has 0 radical (unpaired) electrons. The van der Waals surface area contributed by atoms with Gasteiger partial charge in [-0.15, -0.1) is 11.3 Å². The molecule has 2 N–H and O–H groups in total. The van der Waals surface area contributed by atoms with Gasteiger partial charge in [0.1, 0.15) is 5.01 Å². The van der Waals surface area contributed by atoms with Crippen molar-refractivity contribution in [1.29, 1.82) is 0 Å². The van der Waals surface area contributed by atoms with Crippen molar-refractivity contribution in [2.75, 3.05) is 0 Å². The number of thiazole rings is 1. The van der Waals surface area contributed by atoms with Crippen molar-refractivity contribution in [3.63, 3.8) is 0 Å². The molecule has 1 saturated heterocycles. The molecule has 26 heavy (non-hydrogen) atoms. The van der Waals surface area contributed by atoms with Crippen molar-refractivity contribution in [1.82, 2.24) is 15.6 Å². The Morgan fingerprint density at radius 1 is 1.31 bits per heavy atom. The summed E-state index contributed by atoms with van der Waals surface area (Å²) in [6.07, 6.45) is 3.12. The Labute approximate surface area is 158 Å². The minimum absolute atomic E-state index is 0.00211. The van der Waals surface area contributed by atoms with Gasteiger partial charge in [-0.2, -0.15) is 0 Å². The number of hydrogen-bond donors (Lipinski definition) is 2. The highest BCUT2D eigenvalue weighted by Gasteiger charge is 2.37. The topological polar surface area (TPSA) is 71.1 Å². The lowest BCUT2D eigenvalue weighted by atomic mass is 9.84. The Hall–Kier alpha value is -2.21. The van der Waals surface area contributed by atoms with Crippen LogP contribution >= 0.6 is 11.3 Å². The number of nitrogens with one attached hydrogen (secondary N) is 2. The van der Waals surface area contributed by atoms with E-state index in [0.29, 0.717) is 25.8 Å². The first-order chi connectivity index (χ1) is 12.4. The van der Waals surface area contributed by atoms with Crippen molar-refractivity contribution in [3.8, 4) is 0 Å². The molecule has 0 spiro atoms. The van der Waals surface area contributed by atoms with Gasteiger partial charge in [-0.1, -0.05) is 29.8 Å². The standard InChI is InChI=1S/C20H25N3O2S/c1-14-3-5-16(6-4-14)11-20(10-8-18(25)23-20)9-7-17(24)21-12-19-22-15(2)13-26-19/h3-6,13H,7-12H2,1-2H3,(H,21,24)(H,23,25). The van der Waals surface area contributed by atoms with Gasteiger partial charge in [0.15, 0.2) is 0 Å². The van der Waals surface area contributed by atoms with Gasteiger partial charge in [0.2, 0.25) is 11.8 Å². The zero-order chi connectivity index (χ0) is 18.6. The fraction of sp³-hybridized carbons (Fsp3) is 0.450. The maximum atomic E-state index is 12.3. The molecule has 5 nitrogen and oxygen atoms in total. The third-order valence-corrected chi connectivity index (χ3v) is 5.80. The van der Waals surface area contributed by atoms with E-state index in [1.54, 1.807) is 11.3 Å². The molecule has 1 aromatic carbocycles. The lowest BCUT2D eigenvalue weighted by molar-refractivity contribution is -0.122. The van der Waals surface area contributed by atoms with Crippen molar-refractivity contribution in [3.05, 3.63) is 51.5 Å². The van der Waals surface area contributed by atoms with Crippen LogP contribution in [-0.4, -0.2) is 22.3 Å². The number of nitrogens with zero attached hydrogens (tertiary/aromatic N) is 1. The number of aryl methyl sites for hydroxylation is 2. The van der Waals surface area contributed by atoms with E-state index in [9.17, 15) is 9.59 Å². The van der Waals surface area contributed by atoms with E-state index in [1.807, 2.05) is 12.3 Å². The SMILES string of the molecule is Cc1ccc(CC2(CCC(=O)NCc3nc(C)cs3)CCC(=O)N2)cc1. The van der Waals surface area contributed by atoms with Gasteiger partial charge in [0.25, 0.3) is 0 Å². The number of benzene rings is 1.